The summed E-state index contributed by atoms with van der Waals surface area (Å²) < 4.78 is 33.6. The molecule has 0 aromatic carbocycles. The van der Waals surface area contributed by atoms with Crippen LogP contribution in [0.3, 0.4) is 0 Å². The number of unbranched alkanes of at least 4 members (excludes halogenated alkanes) is 19. The lowest BCUT2D eigenvalue weighted by molar-refractivity contribution is -0.332. The second-order valence-corrected chi connectivity index (χ2v) is 20.8. The molecule has 11 atom stereocenters. The van der Waals surface area contributed by atoms with Crippen LogP contribution in [-0.4, -0.2) is 142 Å². The van der Waals surface area contributed by atoms with Gasteiger partial charge in [-0.05, 0) is 70.6 Å². The van der Waals surface area contributed by atoms with Crippen molar-refractivity contribution in [3.8, 4) is 0 Å². The molecule has 4 unspecified atom stereocenters. The zero-order chi connectivity index (χ0) is 56.7. The van der Waals surface area contributed by atoms with E-state index in [1.807, 2.05) is 12.2 Å². The Hall–Kier alpha value is -3.32. The highest BCUT2D eigenvalue weighted by molar-refractivity contribution is 5.70. The van der Waals surface area contributed by atoms with Gasteiger partial charge in [0, 0.05) is 12.8 Å². The van der Waals surface area contributed by atoms with Gasteiger partial charge in [0.15, 0.2) is 18.7 Å². The summed E-state index contributed by atoms with van der Waals surface area (Å²) in [5.74, 6) is -1.06. The summed E-state index contributed by atoms with van der Waals surface area (Å²) in [4.78, 5) is 25.9. The van der Waals surface area contributed by atoms with Gasteiger partial charge in [-0.2, -0.15) is 0 Å². The van der Waals surface area contributed by atoms with Crippen LogP contribution in [0.15, 0.2) is 85.1 Å². The molecule has 15 heteroatoms. The lowest BCUT2D eigenvalue weighted by Gasteiger charge is -2.42. The van der Waals surface area contributed by atoms with E-state index in [-0.39, 0.29) is 19.4 Å². The quantitative estimate of drug-likeness (QED) is 0.0171. The fraction of sp³-hybridized carbons (Fsp3) is 0.746. The summed E-state index contributed by atoms with van der Waals surface area (Å²) >= 11 is 0. The fourth-order valence-electron chi connectivity index (χ4n) is 9.01. The van der Waals surface area contributed by atoms with Crippen molar-refractivity contribution in [2.75, 3.05) is 26.4 Å². The van der Waals surface area contributed by atoms with Crippen LogP contribution in [0.5, 0.6) is 0 Å². The second-order valence-electron chi connectivity index (χ2n) is 20.8. The maximum Gasteiger partial charge on any atom is 0.306 e. The molecule has 2 aliphatic rings. The number of hydrogen-bond acceptors (Lipinski definition) is 15. The van der Waals surface area contributed by atoms with Crippen molar-refractivity contribution in [1.82, 2.24) is 0 Å². The molecular formula is C63H106O15. The van der Waals surface area contributed by atoms with Crippen LogP contribution >= 0.6 is 0 Å². The van der Waals surface area contributed by atoms with E-state index in [0.29, 0.717) is 19.3 Å². The highest BCUT2D eigenvalue weighted by atomic mass is 16.7. The molecule has 0 spiro atoms. The number of aliphatic hydroxyl groups is 7. The number of carbonyl (C=O) groups is 2. The molecule has 0 amide bonds. The highest BCUT2D eigenvalue weighted by Crippen LogP contribution is 2.27. The summed E-state index contributed by atoms with van der Waals surface area (Å²) in [6, 6.07) is 0. The van der Waals surface area contributed by atoms with E-state index in [2.05, 4.69) is 86.8 Å². The Bertz CT molecular complexity index is 1670. The van der Waals surface area contributed by atoms with Crippen molar-refractivity contribution in [3.05, 3.63) is 85.1 Å². The lowest BCUT2D eigenvalue weighted by atomic mass is 9.98. The standard InChI is InChI=1S/C63H106O15/c1-3-5-7-9-11-13-15-17-19-21-23-24-25-26-28-29-31-33-35-37-39-41-43-45-54(65)73-48-51(76-55(66)46-44-42-40-38-36-34-32-30-27-22-20-18-16-14-12-10-8-6-4-2)49-74-62-61(72)59(70)57(68)53(78-62)50-75-63-60(71)58(69)56(67)52(47-64)77-63/h6,8,12,14,18,20,27,30,34,36-37,39-40,42,51-53,56-64,67-72H,3-5,7,9-11,13,15-17,19,21-26,28-29,31-33,35,38,41,43-50H2,1-2H3/b8-6+,14-12+,20-18+,30-27+,36-34+,39-37+,42-40+/t51-,52+,53+,56-,57-,58?,59?,60?,61?,62+,63+/m0/s1. The average molecular weight is 1100 g/mol. The number of allylic oxidation sites excluding steroid dienone is 14. The van der Waals surface area contributed by atoms with E-state index < -0.39 is 99.3 Å². The summed E-state index contributed by atoms with van der Waals surface area (Å²) in [6.45, 7) is 2.39. The van der Waals surface area contributed by atoms with Crippen LogP contribution < -0.4 is 0 Å². The van der Waals surface area contributed by atoms with E-state index in [1.54, 1.807) is 0 Å². The number of aliphatic hydroxyl groups excluding tert-OH is 7. The molecule has 0 aromatic heterocycles. The van der Waals surface area contributed by atoms with Gasteiger partial charge in [-0.15, -0.1) is 0 Å². The van der Waals surface area contributed by atoms with Crippen molar-refractivity contribution in [2.24, 2.45) is 0 Å². The maximum atomic E-state index is 13.0. The minimum absolute atomic E-state index is 0.0310. The molecule has 78 heavy (non-hydrogen) atoms. The second kappa shape index (κ2) is 48.4. The Morgan fingerprint density at radius 1 is 0.423 bits per heavy atom. The highest BCUT2D eigenvalue weighted by Gasteiger charge is 2.47. The Balaban J connectivity index is 1.77. The number of esters is 2. The molecule has 0 aromatic rings. The molecule has 0 saturated carbocycles. The number of carbonyl (C=O) groups excluding carboxylic acids is 2. The molecule has 0 radical (unpaired) electrons. The van der Waals surface area contributed by atoms with Crippen LogP contribution in [0.2, 0.25) is 0 Å². The van der Waals surface area contributed by atoms with Crippen LogP contribution in [0.25, 0.3) is 0 Å². The van der Waals surface area contributed by atoms with Gasteiger partial charge in [0.05, 0.1) is 19.8 Å². The molecule has 2 rings (SSSR count). The minimum atomic E-state index is -1.79. The molecule has 2 heterocycles. The van der Waals surface area contributed by atoms with Gasteiger partial charge in [0.2, 0.25) is 0 Å². The predicted octanol–water partition coefficient (Wildman–Crippen LogP) is 10.7. The van der Waals surface area contributed by atoms with Gasteiger partial charge < -0.3 is 64.2 Å². The smallest absolute Gasteiger partial charge is 0.306 e. The molecule has 0 bridgehead atoms. The molecule has 0 aliphatic carbocycles. The SMILES string of the molecule is CC/C=C/C/C=C/C/C=C/C/C=C/C/C=C/C/C=C/CCC(=O)O[C@@H](COC(=O)CCC/C=C/CCCCCCCCCCCCCCCCCCCC)CO[C@@H]1O[C@H](CO[C@@H]2O[C@H](CO)[C@H](O)C(O)C2O)[C@H](O)C(O)C1O. The Kier molecular flexibility index (Phi) is 43.9. The van der Waals surface area contributed by atoms with Crippen molar-refractivity contribution >= 4 is 11.9 Å². The van der Waals surface area contributed by atoms with Gasteiger partial charge in [-0.1, -0.05) is 208 Å². The molecule has 15 nitrogen and oxygen atoms in total. The number of ether oxygens (including phenoxy) is 6. The molecule has 2 saturated heterocycles. The van der Waals surface area contributed by atoms with E-state index in [9.17, 15) is 45.3 Å². The van der Waals surface area contributed by atoms with Gasteiger partial charge in [0.1, 0.15) is 55.4 Å². The largest absolute Gasteiger partial charge is 0.462 e. The Morgan fingerprint density at radius 3 is 1.32 bits per heavy atom. The minimum Gasteiger partial charge on any atom is -0.462 e. The first kappa shape index (κ1) is 70.8. The van der Waals surface area contributed by atoms with E-state index in [1.165, 1.54) is 109 Å². The van der Waals surface area contributed by atoms with Crippen LogP contribution in [0, 0.1) is 0 Å². The van der Waals surface area contributed by atoms with Crippen LogP contribution in [-0.2, 0) is 38.0 Å². The van der Waals surface area contributed by atoms with Crippen molar-refractivity contribution in [3.63, 3.8) is 0 Å². The van der Waals surface area contributed by atoms with Gasteiger partial charge in [-0.3, -0.25) is 9.59 Å². The third-order valence-corrected chi connectivity index (χ3v) is 13.9. The van der Waals surface area contributed by atoms with E-state index >= 15 is 0 Å². The lowest BCUT2D eigenvalue weighted by Crippen LogP contribution is -2.61. The molecule has 7 N–H and O–H groups in total. The Labute approximate surface area is 469 Å². The summed E-state index contributed by atoms with van der Waals surface area (Å²) in [7, 11) is 0. The van der Waals surface area contributed by atoms with Crippen molar-refractivity contribution in [1.29, 1.82) is 0 Å². The van der Waals surface area contributed by atoms with Gasteiger partial charge in [-0.25, -0.2) is 0 Å². The fourth-order valence-corrected chi connectivity index (χ4v) is 9.01. The predicted molar refractivity (Wildman–Crippen MR) is 307 cm³/mol. The topological polar surface area (TPSA) is 231 Å². The normalized spacial score (nSPS) is 24.6. The van der Waals surface area contributed by atoms with Crippen LogP contribution in [0.1, 0.15) is 206 Å². The monoisotopic (exact) mass is 1100 g/mol. The van der Waals surface area contributed by atoms with Gasteiger partial charge >= 0.3 is 11.9 Å². The molecular weight excluding hydrogens is 997 g/mol. The first-order valence-electron chi connectivity index (χ1n) is 30.2. The molecule has 448 valence electrons. The summed E-state index contributed by atoms with van der Waals surface area (Å²) in [5, 5.41) is 72.3. The zero-order valence-electron chi connectivity index (χ0n) is 47.9. The third kappa shape index (κ3) is 34.7. The average Bonchev–Trinajstić information content (AvgIpc) is 3.43. The first-order valence-corrected chi connectivity index (χ1v) is 30.2. The Morgan fingerprint density at radius 2 is 0.833 bits per heavy atom. The molecule has 2 aliphatic heterocycles. The maximum absolute atomic E-state index is 13.0. The van der Waals surface area contributed by atoms with Crippen LogP contribution in [0.4, 0.5) is 0 Å². The summed E-state index contributed by atoms with van der Waals surface area (Å²) in [6.07, 6.45) is 44.9. The number of hydrogen-bond donors (Lipinski definition) is 7. The van der Waals surface area contributed by atoms with Crippen molar-refractivity contribution < 1.29 is 73.8 Å². The van der Waals surface area contributed by atoms with E-state index in [4.69, 9.17) is 28.4 Å². The van der Waals surface area contributed by atoms with E-state index in [0.717, 1.165) is 51.4 Å². The summed E-state index contributed by atoms with van der Waals surface area (Å²) in [5.41, 5.74) is 0. The van der Waals surface area contributed by atoms with Crippen molar-refractivity contribution in [2.45, 2.75) is 274 Å². The number of rotatable bonds is 47. The van der Waals surface area contributed by atoms with Gasteiger partial charge in [0.25, 0.3) is 0 Å². The third-order valence-electron chi connectivity index (χ3n) is 13.9. The molecule has 2 fully saturated rings. The zero-order valence-corrected chi connectivity index (χ0v) is 47.9. The first-order chi connectivity index (χ1) is 38.0.